The summed E-state index contributed by atoms with van der Waals surface area (Å²) >= 11 is 0. The molecule has 0 aliphatic carbocycles. The van der Waals surface area contributed by atoms with Gasteiger partial charge in [0.2, 0.25) is 5.91 Å². The van der Waals surface area contributed by atoms with E-state index in [9.17, 15) is 9.59 Å². The summed E-state index contributed by atoms with van der Waals surface area (Å²) in [6.07, 6.45) is 6.82. The first kappa shape index (κ1) is 17.5. The molecule has 0 saturated carbocycles. The van der Waals surface area contributed by atoms with Gasteiger partial charge in [0.15, 0.2) is 0 Å². The maximum absolute atomic E-state index is 12.2. The number of nitrogens with one attached hydrogen (secondary N) is 1. The molecule has 1 rings (SSSR count). The predicted octanol–water partition coefficient (Wildman–Crippen LogP) is 0.470. The van der Waals surface area contributed by atoms with Gasteiger partial charge in [-0.15, -0.1) is 6.42 Å². The van der Waals surface area contributed by atoms with Crippen molar-refractivity contribution in [3.63, 3.8) is 0 Å². The molecule has 1 saturated heterocycles. The predicted molar refractivity (Wildman–Crippen MR) is 78.7 cm³/mol. The Hall–Kier alpha value is -1.58. The fraction of sp³-hybridized carbons (Fsp3) is 0.733. The number of amides is 1. The molecule has 6 heteroatoms. The van der Waals surface area contributed by atoms with Crippen molar-refractivity contribution in [2.45, 2.75) is 44.7 Å². The number of hydrogen-bond acceptors (Lipinski definition) is 4. The van der Waals surface area contributed by atoms with Crippen LogP contribution >= 0.6 is 0 Å². The van der Waals surface area contributed by atoms with Gasteiger partial charge in [0.05, 0.1) is 26.2 Å². The number of nitrogens with zero attached hydrogens (tertiary/aromatic N) is 1. The highest BCUT2D eigenvalue weighted by atomic mass is 16.5. The molecule has 1 aliphatic heterocycles. The minimum absolute atomic E-state index is 0.0326. The monoisotopic (exact) mass is 296 g/mol. The first-order valence-electron chi connectivity index (χ1n) is 7.28. The first-order valence-corrected chi connectivity index (χ1v) is 7.28. The van der Waals surface area contributed by atoms with Crippen LogP contribution in [-0.4, -0.2) is 59.8 Å². The summed E-state index contributed by atoms with van der Waals surface area (Å²) in [5, 5.41) is 11.8. The van der Waals surface area contributed by atoms with Crippen LogP contribution in [0.2, 0.25) is 0 Å². The Bertz CT molecular complexity index is 412. The topological polar surface area (TPSA) is 78.9 Å². The lowest BCUT2D eigenvalue weighted by Crippen LogP contribution is -2.54. The molecule has 0 aromatic heterocycles. The number of carboxylic acids is 1. The number of rotatable bonds is 7. The molecule has 6 nitrogen and oxygen atoms in total. The van der Waals surface area contributed by atoms with Crippen LogP contribution in [0.15, 0.2) is 0 Å². The van der Waals surface area contributed by atoms with Gasteiger partial charge in [-0.3, -0.25) is 14.5 Å². The third-order valence-corrected chi connectivity index (χ3v) is 3.97. The van der Waals surface area contributed by atoms with Crippen LogP contribution in [0, 0.1) is 12.3 Å². The van der Waals surface area contributed by atoms with Gasteiger partial charge in [-0.1, -0.05) is 19.8 Å². The molecule has 0 radical (unpaired) electrons. The third-order valence-electron chi connectivity index (χ3n) is 3.97. The van der Waals surface area contributed by atoms with E-state index in [4.69, 9.17) is 16.3 Å². The van der Waals surface area contributed by atoms with E-state index in [0.717, 1.165) is 0 Å². The average Bonchev–Trinajstić information content (AvgIpc) is 2.46. The van der Waals surface area contributed by atoms with E-state index < -0.39 is 11.5 Å². The molecule has 1 aliphatic rings. The molecule has 0 bridgehead atoms. The standard InChI is InChI=1S/C15H24N2O4/c1-4-15(5-2,6-3)16-13(18)10-17-7-8-21-11-12(17)9-14(19)20/h1,12H,5-11H2,2-3H3,(H,16,18)(H,19,20). The van der Waals surface area contributed by atoms with Gasteiger partial charge in [-0.25, -0.2) is 0 Å². The van der Waals surface area contributed by atoms with E-state index in [1.807, 2.05) is 18.7 Å². The maximum Gasteiger partial charge on any atom is 0.305 e. The Balaban J connectivity index is 2.63. The number of carboxylic acid groups (broad SMARTS) is 1. The molecule has 0 aromatic carbocycles. The zero-order valence-corrected chi connectivity index (χ0v) is 12.7. The lowest BCUT2D eigenvalue weighted by Gasteiger charge is -2.35. The number of aliphatic carboxylic acids is 1. The Labute approximate surface area is 125 Å². The van der Waals surface area contributed by atoms with Crippen LogP contribution in [0.5, 0.6) is 0 Å². The molecule has 1 unspecified atom stereocenters. The molecular weight excluding hydrogens is 272 g/mol. The van der Waals surface area contributed by atoms with Crippen LogP contribution in [0.25, 0.3) is 0 Å². The molecule has 118 valence electrons. The highest BCUT2D eigenvalue weighted by molar-refractivity contribution is 5.79. The largest absolute Gasteiger partial charge is 0.481 e. The van der Waals surface area contributed by atoms with Crippen molar-refractivity contribution in [3.8, 4) is 12.3 Å². The molecule has 0 spiro atoms. The highest BCUT2D eigenvalue weighted by Crippen LogP contribution is 2.15. The minimum atomic E-state index is -0.893. The molecule has 21 heavy (non-hydrogen) atoms. The summed E-state index contributed by atoms with van der Waals surface area (Å²) in [5.74, 6) is 1.59. The molecule has 1 amide bonds. The Morgan fingerprint density at radius 1 is 1.48 bits per heavy atom. The Morgan fingerprint density at radius 2 is 2.14 bits per heavy atom. The summed E-state index contributed by atoms with van der Waals surface area (Å²) in [6.45, 7) is 5.40. The number of carbonyl (C=O) groups excluding carboxylic acids is 1. The molecule has 1 fully saturated rings. The minimum Gasteiger partial charge on any atom is -0.481 e. The highest BCUT2D eigenvalue weighted by Gasteiger charge is 2.30. The van der Waals surface area contributed by atoms with Crippen LogP contribution in [0.4, 0.5) is 0 Å². The molecule has 1 heterocycles. The Morgan fingerprint density at radius 3 is 2.67 bits per heavy atom. The summed E-state index contributed by atoms with van der Waals surface area (Å²) in [5.41, 5.74) is -0.619. The van der Waals surface area contributed by atoms with Crippen molar-refractivity contribution >= 4 is 11.9 Å². The summed E-state index contributed by atoms with van der Waals surface area (Å²) in [7, 11) is 0. The average molecular weight is 296 g/mol. The van der Waals surface area contributed by atoms with E-state index >= 15 is 0 Å². The van der Waals surface area contributed by atoms with Crippen LogP contribution < -0.4 is 5.32 Å². The second kappa shape index (κ2) is 8.01. The zero-order chi connectivity index (χ0) is 15.9. The van der Waals surface area contributed by atoms with E-state index in [1.54, 1.807) is 0 Å². The zero-order valence-electron chi connectivity index (χ0n) is 12.7. The van der Waals surface area contributed by atoms with E-state index in [2.05, 4.69) is 11.2 Å². The number of hydrogen-bond donors (Lipinski definition) is 2. The number of ether oxygens (including phenoxy) is 1. The van der Waals surface area contributed by atoms with Crippen molar-refractivity contribution in [1.29, 1.82) is 0 Å². The number of morpholine rings is 1. The second-order valence-electron chi connectivity index (χ2n) is 5.28. The maximum atomic E-state index is 12.2. The van der Waals surface area contributed by atoms with E-state index in [-0.39, 0.29) is 24.9 Å². The van der Waals surface area contributed by atoms with Crippen molar-refractivity contribution in [3.05, 3.63) is 0 Å². The fourth-order valence-electron chi connectivity index (χ4n) is 2.44. The van der Waals surface area contributed by atoms with Gasteiger partial charge < -0.3 is 15.2 Å². The van der Waals surface area contributed by atoms with Gasteiger partial charge in [0, 0.05) is 12.6 Å². The van der Waals surface area contributed by atoms with Gasteiger partial charge >= 0.3 is 5.97 Å². The van der Waals surface area contributed by atoms with Crippen molar-refractivity contribution in [2.75, 3.05) is 26.3 Å². The smallest absolute Gasteiger partial charge is 0.305 e. The molecule has 0 aromatic rings. The lowest BCUT2D eigenvalue weighted by molar-refractivity contribution is -0.141. The van der Waals surface area contributed by atoms with Crippen molar-refractivity contribution < 1.29 is 19.4 Å². The molecule has 1 atom stereocenters. The van der Waals surface area contributed by atoms with E-state index in [0.29, 0.717) is 32.6 Å². The van der Waals surface area contributed by atoms with Crippen LogP contribution in [0.3, 0.4) is 0 Å². The quantitative estimate of drug-likeness (QED) is 0.668. The van der Waals surface area contributed by atoms with Gasteiger partial charge in [0.25, 0.3) is 0 Å². The van der Waals surface area contributed by atoms with Gasteiger partial charge in [-0.2, -0.15) is 0 Å². The number of terminal acetylenes is 1. The molecular formula is C15H24N2O4. The van der Waals surface area contributed by atoms with Crippen molar-refractivity contribution in [2.24, 2.45) is 0 Å². The SMILES string of the molecule is C#CC(CC)(CC)NC(=O)CN1CCOCC1CC(=O)O. The first-order chi connectivity index (χ1) is 9.96. The molecule has 2 N–H and O–H groups in total. The van der Waals surface area contributed by atoms with Crippen LogP contribution in [-0.2, 0) is 14.3 Å². The normalized spacial score (nSPS) is 19.8. The van der Waals surface area contributed by atoms with Gasteiger partial charge in [0.1, 0.15) is 5.54 Å². The van der Waals surface area contributed by atoms with E-state index in [1.165, 1.54) is 0 Å². The summed E-state index contributed by atoms with van der Waals surface area (Å²) in [4.78, 5) is 24.9. The lowest BCUT2D eigenvalue weighted by atomic mass is 9.94. The Kier molecular flexibility index (Phi) is 6.66. The fourth-order valence-corrected chi connectivity index (χ4v) is 2.44. The van der Waals surface area contributed by atoms with Crippen molar-refractivity contribution in [1.82, 2.24) is 10.2 Å². The summed E-state index contributed by atoms with van der Waals surface area (Å²) < 4.78 is 5.29. The van der Waals surface area contributed by atoms with Gasteiger partial charge in [-0.05, 0) is 12.8 Å². The van der Waals surface area contributed by atoms with Crippen LogP contribution in [0.1, 0.15) is 33.1 Å². The number of carbonyl (C=O) groups is 2. The third kappa shape index (κ3) is 5.03. The summed E-state index contributed by atoms with van der Waals surface area (Å²) in [6, 6.07) is -0.273. The second-order valence-corrected chi connectivity index (χ2v) is 5.28.